The second-order valence-corrected chi connectivity index (χ2v) is 13.9. The minimum absolute atomic E-state index is 0.0124. The summed E-state index contributed by atoms with van der Waals surface area (Å²) >= 11 is 1.82. The summed E-state index contributed by atoms with van der Waals surface area (Å²) in [5.41, 5.74) is 8.43. The van der Waals surface area contributed by atoms with Crippen LogP contribution in [0.3, 0.4) is 0 Å². The molecule has 3 aromatic heterocycles. The van der Waals surface area contributed by atoms with Crippen molar-refractivity contribution in [2.24, 2.45) is 4.99 Å². The summed E-state index contributed by atoms with van der Waals surface area (Å²) in [5.74, 6) is 0.852. The van der Waals surface area contributed by atoms with Crippen LogP contribution >= 0.6 is 11.3 Å². The average Bonchev–Trinajstić information content (AvgIpc) is 3.83. The number of aliphatic imine (C=N–C) groups is 1. The van der Waals surface area contributed by atoms with Crippen molar-refractivity contribution in [3.63, 3.8) is 0 Å². The van der Waals surface area contributed by atoms with E-state index in [0.29, 0.717) is 0 Å². The van der Waals surface area contributed by atoms with Crippen LogP contribution in [0.15, 0.2) is 161 Å². The molecule has 1 aliphatic rings. The molecule has 49 heavy (non-hydrogen) atoms. The summed E-state index contributed by atoms with van der Waals surface area (Å²) in [5, 5.41) is 12.2. The summed E-state index contributed by atoms with van der Waals surface area (Å²) in [4.78, 5) is 6.48. The molecule has 0 bridgehead atoms. The van der Waals surface area contributed by atoms with Crippen molar-refractivity contribution in [3.05, 3.63) is 168 Å². The van der Waals surface area contributed by atoms with E-state index in [9.17, 15) is 0 Å². The van der Waals surface area contributed by atoms with Gasteiger partial charge in [-0.1, -0.05) is 103 Å². The molecule has 0 aliphatic carbocycles. The molecule has 4 nitrogen and oxygen atoms in total. The molecule has 1 N–H and O–H groups in total. The number of rotatable bonds is 3. The van der Waals surface area contributed by atoms with Crippen molar-refractivity contribution in [1.29, 1.82) is 0 Å². The predicted octanol–water partition coefficient (Wildman–Crippen LogP) is 11.8. The molecule has 0 fully saturated rings. The van der Waals surface area contributed by atoms with Crippen LogP contribution in [0.2, 0.25) is 0 Å². The molecule has 0 spiro atoms. The van der Waals surface area contributed by atoms with E-state index in [1.54, 1.807) is 0 Å². The number of thiophene rings is 1. The Morgan fingerprint density at radius 3 is 2.22 bits per heavy atom. The standard InChI is InChI=1S/C44H27N3OS/c1-2-11-27(12-3-1)41-43-42(34-15-7-9-17-39(34)49-43)46-44(45-41)28-18-21-31-32-22-20-29(25-38(32)48-37(31)24-28)47-35-16-8-6-14-33(35)40-30-13-5-4-10-26(30)19-23-36(40)47/h1-25,41H,(H,45,46). The van der Waals surface area contributed by atoms with Crippen molar-refractivity contribution in [2.75, 3.05) is 0 Å². The zero-order valence-electron chi connectivity index (χ0n) is 26.2. The topological polar surface area (TPSA) is 42.5 Å². The van der Waals surface area contributed by atoms with Gasteiger partial charge in [-0.05, 0) is 58.8 Å². The van der Waals surface area contributed by atoms with Gasteiger partial charge < -0.3 is 14.3 Å². The molecular formula is C44H27N3OS. The Labute approximate surface area is 285 Å². The Balaban J connectivity index is 1.06. The van der Waals surface area contributed by atoms with Crippen molar-refractivity contribution >= 4 is 87.5 Å². The van der Waals surface area contributed by atoms with Crippen LogP contribution < -0.4 is 5.32 Å². The first-order valence-corrected chi connectivity index (χ1v) is 17.4. The molecular weight excluding hydrogens is 619 g/mol. The van der Waals surface area contributed by atoms with Gasteiger partial charge in [-0.15, -0.1) is 11.3 Å². The van der Waals surface area contributed by atoms with Crippen LogP contribution in [0.5, 0.6) is 0 Å². The van der Waals surface area contributed by atoms with Gasteiger partial charge in [0.15, 0.2) is 0 Å². The Morgan fingerprint density at radius 1 is 0.592 bits per heavy atom. The number of hydrogen-bond acceptors (Lipinski definition) is 4. The smallest absolute Gasteiger partial charge is 0.137 e. The van der Waals surface area contributed by atoms with Crippen LogP contribution in [0.25, 0.3) is 70.3 Å². The molecule has 5 heteroatoms. The lowest BCUT2D eigenvalue weighted by atomic mass is 10.0. The van der Waals surface area contributed by atoms with E-state index in [4.69, 9.17) is 9.41 Å². The molecule has 4 heterocycles. The largest absolute Gasteiger partial charge is 0.456 e. The van der Waals surface area contributed by atoms with Crippen LogP contribution in [0.1, 0.15) is 22.0 Å². The number of amidine groups is 1. The first kappa shape index (κ1) is 26.9. The Morgan fingerprint density at radius 2 is 1.33 bits per heavy atom. The van der Waals surface area contributed by atoms with Crippen LogP contribution in [0.4, 0.5) is 5.69 Å². The summed E-state index contributed by atoms with van der Waals surface area (Å²) in [6.45, 7) is 0. The van der Waals surface area contributed by atoms with Crippen molar-refractivity contribution in [3.8, 4) is 5.69 Å². The maximum Gasteiger partial charge on any atom is 0.137 e. The van der Waals surface area contributed by atoms with Gasteiger partial charge in [0.2, 0.25) is 0 Å². The predicted molar refractivity (Wildman–Crippen MR) is 205 cm³/mol. The fourth-order valence-electron chi connectivity index (χ4n) is 7.81. The lowest BCUT2D eigenvalue weighted by molar-refractivity contribution is 0.668. The molecule has 11 rings (SSSR count). The Kier molecular flexibility index (Phi) is 5.57. The fourth-order valence-corrected chi connectivity index (χ4v) is 9.03. The van der Waals surface area contributed by atoms with Crippen LogP contribution in [-0.2, 0) is 0 Å². The lowest BCUT2D eigenvalue weighted by Crippen LogP contribution is -2.32. The van der Waals surface area contributed by atoms with Crippen LogP contribution in [0, 0.1) is 0 Å². The molecule has 0 saturated heterocycles. The molecule has 0 radical (unpaired) electrons. The van der Waals surface area contributed by atoms with Gasteiger partial charge in [0.1, 0.15) is 17.0 Å². The quantitative estimate of drug-likeness (QED) is 0.208. The molecule has 230 valence electrons. The minimum atomic E-state index is 0.0124. The molecule has 7 aromatic carbocycles. The van der Waals surface area contributed by atoms with E-state index in [1.807, 2.05) is 11.3 Å². The van der Waals surface area contributed by atoms with E-state index >= 15 is 0 Å². The second kappa shape index (κ2) is 10.2. The monoisotopic (exact) mass is 645 g/mol. The van der Waals surface area contributed by atoms with Gasteiger partial charge in [-0.3, -0.25) is 0 Å². The van der Waals surface area contributed by atoms with Gasteiger partial charge in [0, 0.05) is 48.9 Å². The third-order valence-corrected chi connectivity index (χ3v) is 11.3. The molecule has 10 aromatic rings. The fraction of sp³-hybridized carbons (Fsp3) is 0.0227. The van der Waals surface area contributed by atoms with Gasteiger partial charge in [-0.25, -0.2) is 4.99 Å². The normalized spacial score (nSPS) is 14.6. The zero-order valence-corrected chi connectivity index (χ0v) is 27.0. The second-order valence-electron chi connectivity index (χ2n) is 12.8. The first-order chi connectivity index (χ1) is 24.3. The highest BCUT2D eigenvalue weighted by atomic mass is 32.1. The minimum Gasteiger partial charge on any atom is -0.456 e. The SMILES string of the molecule is c1ccc(C2NC(c3ccc4c(c3)oc3cc(-n5c6ccccc6c6c7ccccc7ccc65)ccc34)=Nc3c2sc2ccccc32)cc1. The number of aromatic nitrogens is 1. The zero-order chi connectivity index (χ0) is 32.1. The first-order valence-electron chi connectivity index (χ1n) is 16.6. The van der Waals surface area contributed by atoms with E-state index in [2.05, 4.69) is 162 Å². The maximum absolute atomic E-state index is 6.66. The van der Waals surface area contributed by atoms with Crippen molar-refractivity contribution in [2.45, 2.75) is 6.04 Å². The maximum atomic E-state index is 6.66. The van der Waals surface area contributed by atoms with Gasteiger partial charge in [0.05, 0.1) is 27.6 Å². The number of fused-ring (bicyclic) bond motifs is 11. The number of nitrogens with zero attached hydrogens (tertiary/aromatic N) is 2. The third kappa shape index (κ3) is 3.94. The summed E-state index contributed by atoms with van der Waals surface area (Å²) < 4.78 is 10.3. The van der Waals surface area contributed by atoms with Gasteiger partial charge >= 0.3 is 0 Å². The van der Waals surface area contributed by atoms with Crippen LogP contribution in [-0.4, -0.2) is 10.4 Å². The molecule has 1 unspecified atom stereocenters. The Bertz CT molecular complexity index is 2980. The number of nitrogens with one attached hydrogen (secondary N) is 1. The molecule has 0 saturated carbocycles. The van der Waals surface area contributed by atoms with E-state index in [-0.39, 0.29) is 6.04 Å². The highest BCUT2D eigenvalue weighted by molar-refractivity contribution is 7.19. The molecule has 1 aliphatic heterocycles. The Hall–Kier alpha value is -6.17. The van der Waals surface area contributed by atoms with E-state index in [0.717, 1.165) is 44.7 Å². The lowest BCUT2D eigenvalue weighted by Gasteiger charge is -2.25. The summed E-state index contributed by atoms with van der Waals surface area (Å²) in [6, 6.07) is 54.1. The number of furan rings is 1. The number of para-hydroxylation sites is 1. The van der Waals surface area contributed by atoms with E-state index in [1.165, 1.54) is 53.1 Å². The van der Waals surface area contributed by atoms with E-state index < -0.39 is 0 Å². The highest BCUT2D eigenvalue weighted by Crippen LogP contribution is 2.46. The van der Waals surface area contributed by atoms with Gasteiger partial charge in [0.25, 0.3) is 0 Å². The summed E-state index contributed by atoms with van der Waals surface area (Å²) in [7, 11) is 0. The summed E-state index contributed by atoms with van der Waals surface area (Å²) in [6.07, 6.45) is 0. The molecule has 0 amide bonds. The third-order valence-electron chi connectivity index (χ3n) is 10.0. The number of hydrogen-bond donors (Lipinski definition) is 1. The van der Waals surface area contributed by atoms with Crippen molar-refractivity contribution < 1.29 is 4.42 Å². The molecule has 1 atom stereocenters. The highest BCUT2D eigenvalue weighted by Gasteiger charge is 2.28. The van der Waals surface area contributed by atoms with Crippen molar-refractivity contribution in [1.82, 2.24) is 9.88 Å². The van der Waals surface area contributed by atoms with Gasteiger partial charge in [-0.2, -0.15) is 0 Å². The number of benzene rings is 7. The average molecular weight is 646 g/mol.